The van der Waals surface area contributed by atoms with Crippen LogP contribution in [0.3, 0.4) is 0 Å². The first kappa shape index (κ1) is 24.1. The van der Waals surface area contributed by atoms with E-state index < -0.39 is 8.07 Å². The zero-order valence-corrected chi connectivity index (χ0v) is 23.2. The first-order chi connectivity index (χ1) is 19.9. The Morgan fingerprint density at radius 3 is 1.40 bits per heavy atom. The van der Waals surface area contributed by atoms with Gasteiger partial charge in [0, 0.05) is 22.8 Å². The van der Waals surface area contributed by atoms with E-state index in [1.807, 2.05) is 0 Å². The highest BCUT2D eigenvalue weighted by atomic mass is 28.3. The van der Waals surface area contributed by atoms with E-state index in [0.29, 0.717) is 0 Å². The third-order valence-electron chi connectivity index (χ3n) is 7.99. The van der Waals surface area contributed by atoms with Crippen molar-refractivity contribution in [3.63, 3.8) is 0 Å². The van der Waals surface area contributed by atoms with Crippen LogP contribution in [0.2, 0.25) is 0 Å². The van der Waals surface area contributed by atoms with Gasteiger partial charge in [0.05, 0.1) is 5.52 Å². The Morgan fingerprint density at radius 2 is 0.825 bits per heavy atom. The molecule has 0 fully saturated rings. The molecule has 0 aliphatic rings. The Bertz CT molecular complexity index is 1780. The minimum absolute atomic E-state index is 1.17. The van der Waals surface area contributed by atoms with E-state index in [9.17, 15) is 0 Å². The summed E-state index contributed by atoms with van der Waals surface area (Å²) in [5, 5.41) is 6.80. The second-order valence-corrected chi connectivity index (χ2v) is 13.9. The summed E-state index contributed by atoms with van der Waals surface area (Å²) in [6, 6.07) is 62.0. The predicted octanol–water partition coefficient (Wildman–Crippen LogP) is 6.67. The molecule has 0 amide bonds. The number of rotatable bonds is 6. The van der Waals surface area contributed by atoms with Crippen molar-refractivity contribution in [1.82, 2.24) is 4.57 Å². The third-order valence-corrected chi connectivity index (χ3v) is 12.8. The van der Waals surface area contributed by atoms with Crippen LogP contribution in [0, 0.1) is 0 Å². The normalized spacial score (nSPS) is 11.5. The summed E-state index contributed by atoms with van der Waals surface area (Å²) < 4.78 is 2.33. The van der Waals surface area contributed by atoms with Crippen molar-refractivity contribution < 1.29 is 0 Å². The molecule has 0 bridgehead atoms. The molecule has 0 spiro atoms. The van der Waals surface area contributed by atoms with Crippen LogP contribution in [0.4, 0.5) is 0 Å². The average molecular weight is 528 g/mol. The number of benzene rings is 6. The zero-order valence-electron chi connectivity index (χ0n) is 22.2. The second-order valence-electron chi connectivity index (χ2n) is 10.2. The molecule has 0 radical (unpaired) electrons. The molecule has 190 valence electrons. The van der Waals surface area contributed by atoms with Crippen LogP contribution in [0.25, 0.3) is 27.7 Å². The standard InChI is InChI=1S/C38H29NSi/c1-5-17-30(18-6-1)39-29-36(34-25-13-15-27-37(34)39)35-26-14-16-28-38(35)40(31-19-7-2-8-20-31,32-21-9-3-10-22-32)33-23-11-4-12-24-33/h1-29H. The predicted molar refractivity (Wildman–Crippen MR) is 172 cm³/mol. The molecule has 0 aliphatic carbocycles. The number of hydrogen-bond donors (Lipinski definition) is 0. The summed E-state index contributed by atoms with van der Waals surface area (Å²) in [6.07, 6.45) is 2.33. The number of fused-ring (bicyclic) bond motifs is 1. The fourth-order valence-electron chi connectivity index (χ4n) is 6.27. The van der Waals surface area contributed by atoms with Gasteiger partial charge < -0.3 is 4.57 Å². The van der Waals surface area contributed by atoms with E-state index >= 15 is 0 Å². The summed E-state index contributed by atoms with van der Waals surface area (Å²) in [5.74, 6) is 0. The van der Waals surface area contributed by atoms with Crippen LogP contribution in [-0.4, -0.2) is 12.6 Å². The maximum atomic E-state index is 2.38. The highest BCUT2D eigenvalue weighted by molar-refractivity contribution is 7.20. The molecule has 2 heteroatoms. The minimum Gasteiger partial charge on any atom is -0.316 e. The topological polar surface area (TPSA) is 4.93 Å². The molecule has 40 heavy (non-hydrogen) atoms. The summed E-state index contributed by atoms with van der Waals surface area (Å²) in [5.41, 5.74) is 4.93. The van der Waals surface area contributed by atoms with Crippen molar-refractivity contribution in [3.05, 3.63) is 176 Å². The van der Waals surface area contributed by atoms with E-state index in [4.69, 9.17) is 0 Å². The maximum absolute atomic E-state index is 2.69. The highest BCUT2D eigenvalue weighted by Crippen LogP contribution is 2.33. The molecule has 1 aromatic heterocycles. The largest absolute Gasteiger partial charge is 0.316 e. The van der Waals surface area contributed by atoms with Crippen molar-refractivity contribution >= 4 is 39.7 Å². The van der Waals surface area contributed by atoms with Gasteiger partial charge in [0.1, 0.15) is 0 Å². The number of hydrogen-bond acceptors (Lipinski definition) is 0. The highest BCUT2D eigenvalue weighted by Gasteiger charge is 2.43. The monoisotopic (exact) mass is 527 g/mol. The van der Waals surface area contributed by atoms with Crippen LogP contribution in [-0.2, 0) is 0 Å². The molecule has 7 aromatic rings. The van der Waals surface area contributed by atoms with Gasteiger partial charge in [-0.3, -0.25) is 0 Å². The van der Waals surface area contributed by atoms with Crippen LogP contribution in [0.15, 0.2) is 176 Å². The first-order valence-corrected chi connectivity index (χ1v) is 15.8. The van der Waals surface area contributed by atoms with E-state index in [0.717, 1.165) is 0 Å². The summed E-state index contributed by atoms with van der Waals surface area (Å²) >= 11 is 0. The molecule has 0 unspecified atom stereocenters. The Morgan fingerprint density at radius 1 is 0.375 bits per heavy atom. The Labute approximate surface area is 236 Å². The molecule has 6 aromatic carbocycles. The quantitative estimate of drug-likeness (QED) is 0.168. The lowest BCUT2D eigenvalue weighted by Crippen LogP contribution is -2.75. The summed E-state index contributed by atoms with van der Waals surface area (Å²) in [6.45, 7) is 0. The smallest absolute Gasteiger partial charge is 0.180 e. The average Bonchev–Trinajstić information content (AvgIpc) is 3.43. The van der Waals surface area contributed by atoms with Crippen LogP contribution in [0.1, 0.15) is 0 Å². The van der Waals surface area contributed by atoms with E-state index in [2.05, 4.69) is 181 Å². The molecule has 0 saturated heterocycles. The van der Waals surface area contributed by atoms with Crippen LogP contribution in [0.5, 0.6) is 0 Å². The van der Waals surface area contributed by atoms with Gasteiger partial charge in [-0.25, -0.2) is 0 Å². The Balaban J connectivity index is 1.60. The fraction of sp³-hybridized carbons (Fsp3) is 0. The van der Waals surface area contributed by atoms with Gasteiger partial charge in [0.25, 0.3) is 0 Å². The number of nitrogens with zero attached hydrogens (tertiary/aromatic N) is 1. The Hall–Kier alpha value is -4.92. The summed E-state index contributed by atoms with van der Waals surface area (Å²) in [7, 11) is -2.69. The lowest BCUT2D eigenvalue weighted by molar-refractivity contribution is 1.13. The van der Waals surface area contributed by atoms with Gasteiger partial charge in [-0.05, 0) is 44.5 Å². The maximum Gasteiger partial charge on any atom is 0.180 e. The number of para-hydroxylation sites is 2. The molecular weight excluding hydrogens is 499 g/mol. The van der Waals surface area contributed by atoms with E-state index in [-0.39, 0.29) is 0 Å². The molecular formula is C38H29NSi. The van der Waals surface area contributed by atoms with Gasteiger partial charge in [-0.2, -0.15) is 0 Å². The number of aromatic nitrogens is 1. The van der Waals surface area contributed by atoms with E-state index in [1.165, 1.54) is 48.5 Å². The molecule has 0 saturated carbocycles. The molecule has 7 rings (SSSR count). The Kier molecular flexibility index (Phi) is 6.23. The first-order valence-electron chi connectivity index (χ1n) is 13.8. The molecule has 0 atom stereocenters. The van der Waals surface area contributed by atoms with Gasteiger partial charge in [-0.15, -0.1) is 0 Å². The van der Waals surface area contributed by atoms with Crippen LogP contribution >= 0.6 is 0 Å². The van der Waals surface area contributed by atoms with Crippen molar-refractivity contribution in [2.75, 3.05) is 0 Å². The molecule has 1 heterocycles. The van der Waals surface area contributed by atoms with E-state index in [1.54, 1.807) is 0 Å². The SMILES string of the molecule is c1ccc(-n2cc(-c3ccccc3[Si](c3ccccc3)(c3ccccc3)c3ccccc3)c3ccccc32)cc1. The zero-order chi connectivity index (χ0) is 26.8. The lowest BCUT2D eigenvalue weighted by Gasteiger charge is -2.36. The van der Waals surface area contributed by atoms with Crippen molar-refractivity contribution in [2.45, 2.75) is 0 Å². The van der Waals surface area contributed by atoms with Gasteiger partial charge in [0.2, 0.25) is 0 Å². The van der Waals surface area contributed by atoms with Crippen molar-refractivity contribution in [2.24, 2.45) is 0 Å². The van der Waals surface area contributed by atoms with Crippen LogP contribution < -0.4 is 20.7 Å². The van der Waals surface area contributed by atoms with Crippen molar-refractivity contribution in [3.8, 4) is 16.8 Å². The van der Waals surface area contributed by atoms with Gasteiger partial charge in [0.15, 0.2) is 8.07 Å². The fourth-order valence-corrected chi connectivity index (χ4v) is 11.3. The lowest BCUT2D eigenvalue weighted by atomic mass is 10.0. The second kappa shape index (κ2) is 10.3. The minimum atomic E-state index is -2.69. The van der Waals surface area contributed by atoms with Crippen molar-refractivity contribution in [1.29, 1.82) is 0 Å². The van der Waals surface area contributed by atoms with Gasteiger partial charge in [-0.1, -0.05) is 152 Å². The molecule has 0 aliphatic heterocycles. The molecule has 1 nitrogen and oxygen atoms in total. The third kappa shape index (κ3) is 3.93. The molecule has 0 N–H and O–H groups in total. The van der Waals surface area contributed by atoms with Gasteiger partial charge >= 0.3 is 0 Å². The summed E-state index contributed by atoms with van der Waals surface area (Å²) in [4.78, 5) is 0.